The maximum absolute atomic E-state index is 12.8. The van der Waals surface area contributed by atoms with Gasteiger partial charge in [0.15, 0.2) is 11.4 Å². The number of methoxy groups -OCH3 is 1. The summed E-state index contributed by atoms with van der Waals surface area (Å²) in [5.41, 5.74) is 2.86. The largest absolute Gasteiger partial charge is 0.495 e. The Kier molecular flexibility index (Phi) is 6.20. The van der Waals surface area contributed by atoms with E-state index >= 15 is 0 Å². The second kappa shape index (κ2) is 9.05. The number of nitrogens with one attached hydrogen (secondary N) is 1. The van der Waals surface area contributed by atoms with Crippen LogP contribution in [0, 0.1) is 6.92 Å². The van der Waals surface area contributed by atoms with Gasteiger partial charge in [0.2, 0.25) is 0 Å². The molecule has 0 radical (unpaired) electrons. The summed E-state index contributed by atoms with van der Waals surface area (Å²) < 4.78 is 39.1. The number of carbonyl (C=O) groups excluding carboxylic acids is 1. The SMILES string of the molecule is COc1ccccc1NS(=O)(=O)c1ccc2oc(SCC(=O)c3ccc(C)cc3)nc2c1. The molecule has 0 spiro atoms. The minimum Gasteiger partial charge on any atom is -0.495 e. The van der Waals surface area contributed by atoms with Crippen LogP contribution in [0.1, 0.15) is 15.9 Å². The fraction of sp³-hybridized carbons (Fsp3) is 0.130. The third-order valence-electron chi connectivity index (χ3n) is 4.70. The summed E-state index contributed by atoms with van der Waals surface area (Å²) in [5.74, 6) is 0.535. The summed E-state index contributed by atoms with van der Waals surface area (Å²) >= 11 is 1.17. The van der Waals surface area contributed by atoms with Crippen molar-refractivity contribution in [3.05, 3.63) is 77.9 Å². The lowest BCUT2D eigenvalue weighted by Gasteiger charge is -2.11. The minimum absolute atomic E-state index is 0.0384. The third-order valence-corrected chi connectivity index (χ3v) is 6.89. The molecule has 0 saturated carbocycles. The molecule has 0 unspecified atom stereocenters. The van der Waals surface area contributed by atoms with E-state index in [1.54, 1.807) is 42.5 Å². The van der Waals surface area contributed by atoms with Crippen molar-refractivity contribution in [2.45, 2.75) is 17.0 Å². The number of ketones is 1. The molecule has 3 aromatic carbocycles. The van der Waals surface area contributed by atoms with Crippen molar-refractivity contribution < 1.29 is 22.4 Å². The van der Waals surface area contributed by atoms with Gasteiger partial charge in [-0.3, -0.25) is 9.52 Å². The highest BCUT2D eigenvalue weighted by Gasteiger charge is 2.19. The lowest BCUT2D eigenvalue weighted by atomic mass is 10.1. The molecule has 0 amide bonds. The van der Waals surface area contributed by atoms with Gasteiger partial charge in [-0.05, 0) is 37.3 Å². The first-order valence-electron chi connectivity index (χ1n) is 9.65. The average molecular weight is 469 g/mol. The van der Waals surface area contributed by atoms with E-state index in [2.05, 4.69) is 9.71 Å². The van der Waals surface area contributed by atoms with Crippen LogP contribution in [0.5, 0.6) is 5.75 Å². The molecule has 0 aliphatic heterocycles. The molecule has 32 heavy (non-hydrogen) atoms. The van der Waals surface area contributed by atoms with E-state index in [4.69, 9.17) is 9.15 Å². The van der Waals surface area contributed by atoms with E-state index in [0.717, 1.165) is 5.56 Å². The Morgan fingerprint density at radius 2 is 1.84 bits per heavy atom. The predicted octanol–water partition coefficient (Wildman–Crippen LogP) is 4.92. The van der Waals surface area contributed by atoms with E-state index in [1.165, 1.54) is 31.0 Å². The van der Waals surface area contributed by atoms with E-state index in [1.807, 2.05) is 19.1 Å². The Hall–Kier alpha value is -3.30. The highest BCUT2D eigenvalue weighted by molar-refractivity contribution is 7.99. The lowest BCUT2D eigenvalue weighted by Crippen LogP contribution is -2.13. The van der Waals surface area contributed by atoms with Gasteiger partial charge in [0, 0.05) is 5.56 Å². The van der Waals surface area contributed by atoms with Crippen molar-refractivity contribution in [1.82, 2.24) is 4.98 Å². The number of Topliss-reactive ketones (excluding diaryl/α,β-unsaturated/α-hetero) is 1. The van der Waals surface area contributed by atoms with E-state index in [0.29, 0.717) is 33.3 Å². The standard InChI is InChI=1S/C23H20N2O5S2/c1-15-7-9-16(10-8-15)20(26)14-31-23-24-19-13-17(11-12-22(19)30-23)32(27,28)25-18-5-3-4-6-21(18)29-2/h3-13,25H,14H2,1-2H3. The number of hydrogen-bond acceptors (Lipinski definition) is 7. The van der Waals surface area contributed by atoms with Crippen LogP contribution in [0.15, 0.2) is 81.3 Å². The molecule has 4 aromatic rings. The zero-order valence-corrected chi connectivity index (χ0v) is 19.0. The quantitative estimate of drug-likeness (QED) is 0.289. The Bertz CT molecular complexity index is 1380. The number of aryl methyl sites for hydroxylation is 1. The first kappa shape index (κ1) is 21.9. The monoisotopic (exact) mass is 468 g/mol. The van der Waals surface area contributed by atoms with E-state index in [9.17, 15) is 13.2 Å². The number of nitrogens with zero attached hydrogens (tertiary/aromatic N) is 1. The normalized spacial score (nSPS) is 11.4. The van der Waals surface area contributed by atoms with Gasteiger partial charge >= 0.3 is 0 Å². The van der Waals surface area contributed by atoms with Crippen LogP contribution in [-0.4, -0.2) is 32.0 Å². The Morgan fingerprint density at radius 1 is 1.09 bits per heavy atom. The van der Waals surface area contributed by atoms with Crippen LogP contribution >= 0.6 is 11.8 Å². The van der Waals surface area contributed by atoms with Gasteiger partial charge in [-0.25, -0.2) is 13.4 Å². The molecular formula is C23H20N2O5S2. The van der Waals surface area contributed by atoms with Crippen molar-refractivity contribution in [1.29, 1.82) is 0 Å². The molecule has 0 bridgehead atoms. The number of thioether (sulfide) groups is 1. The van der Waals surface area contributed by atoms with Gasteiger partial charge < -0.3 is 9.15 Å². The number of anilines is 1. The fourth-order valence-electron chi connectivity index (χ4n) is 3.00. The Morgan fingerprint density at radius 3 is 2.59 bits per heavy atom. The van der Waals surface area contributed by atoms with Gasteiger partial charge in [0.25, 0.3) is 15.2 Å². The summed E-state index contributed by atoms with van der Waals surface area (Å²) in [5, 5.41) is 0.299. The molecule has 0 saturated heterocycles. The number of para-hydroxylation sites is 2. The molecule has 0 aliphatic rings. The summed E-state index contributed by atoms with van der Waals surface area (Å²) in [4.78, 5) is 16.7. The van der Waals surface area contributed by atoms with Crippen LogP contribution < -0.4 is 9.46 Å². The number of sulfonamides is 1. The maximum Gasteiger partial charge on any atom is 0.262 e. The number of fused-ring (bicyclic) bond motifs is 1. The molecule has 7 nitrogen and oxygen atoms in total. The first-order valence-corrected chi connectivity index (χ1v) is 12.1. The molecule has 1 aromatic heterocycles. The second-order valence-corrected chi connectivity index (χ2v) is 9.60. The number of benzene rings is 3. The van der Waals surface area contributed by atoms with Crippen molar-refractivity contribution in [3.8, 4) is 5.75 Å². The van der Waals surface area contributed by atoms with Gasteiger partial charge in [0.05, 0.1) is 23.4 Å². The Balaban J connectivity index is 1.51. The molecule has 1 heterocycles. The molecule has 164 valence electrons. The van der Waals surface area contributed by atoms with Crippen molar-refractivity contribution >= 4 is 44.4 Å². The zero-order chi connectivity index (χ0) is 22.7. The first-order chi connectivity index (χ1) is 15.4. The summed E-state index contributed by atoms with van der Waals surface area (Å²) in [7, 11) is -2.40. The number of rotatable bonds is 8. The highest BCUT2D eigenvalue weighted by Crippen LogP contribution is 2.29. The predicted molar refractivity (Wildman–Crippen MR) is 124 cm³/mol. The molecule has 9 heteroatoms. The van der Waals surface area contributed by atoms with Crippen LogP contribution in [0.3, 0.4) is 0 Å². The van der Waals surface area contributed by atoms with Crippen LogP contribution in [0.25, 0.3) is 11.1 Å². The lowest BCUT2D eigenvalue weighted by molar-refractivity contribution is 0.102. The van der Waals surface area contributed by atoms with Crippen LogP contribution in [0.2, 0.25) is 0 Å². The van der Waals surface area contributed by atoms with Gasteiger partial charge in [0.1, 0.15) is 11.3 Å². The van der Waals surface area contributed by atoms with E-state index in [-0.39, 0.29) is 16.4 Å². The van der Waals surface area contributed by atoms with Crippen LogP contribution in [-0.2, 0) is 10.0 Å². The highest BCUT2D eigenvalue weighted by atomic mass is 32.2. The second-order valence-electron chi connectivity index (χ2n) is 6.99. The average Bonchev–Trinajstić information content (AvgIpc) is 3.20. The summed E-state index contributed by atoms with van der Waals surface area (Å²) in [6.07, 6.45) is 0. The topological polar surface area (TPSA) is 98.5 Å². The number of aromatic nitrogens is 1. The van der Waals surface area contributed by atoms with E-state index < -0.39 is 10.0 Å². The summed E-state index contributed by atoms with van der Waals surface area (Å²) in [6, 6.07) is 18.5. The number of carbonyl (C=O) groups is 1. The number of oxazole rings is 1. The maximum atomic E-state index is 12.8. The van der Waals surface area contributed by atoms with Crippen molar-refractivity contribution in [2.24, 2.45) is 0 Å². The molecule has 1 N–H and O–H groups in total. The van der Waals surface area contributed by atoms with Crippen molar-refractivity contribution in [2.75, 3.05) is 17.6 Å². The zero-order valence-electron chi connectivity index (χ0n) is 17.4. The third kappa shape index (κ3) is 4.79. The number of ether oxygens (including phenoxy) is 1. The molecule has 0 fully saturated rings. The van der Waals surface area contributed by atoms with Gasteiger partial charge in [-0.2, -0.15) is 0 Å². The molecule has 4 rings (SSSR count). The molecule has 0 atom stereocenters. The molecular weight excluding hydrogens is 448 g/mol. The molecule has 0 aliphatic carbocycles. The fourth-order valence-corrected chi connectivity index (χ4v) is 4.82. The summed E-state index contributed by atoms with van der Waals surface area (Å²) in [6.45, 7) is 1.96. The number of hydrogen-bond donors (Lipinski definition) is 1. The minimum atomic E-state index is -3.87. The van der Waals surface area contributed by atoms with Crippen molar-refractivity contribution in [3.63, 3.8) is 0 Å². The Labute approximate surface area is 189 Å². The van der Waals surface area contributed by atoms with Gasteiger partial charge in [-0.1, -0.05) is 53.7 Å². The smallest absolute Gasteiger partial charge is 0.262 e. The van der Waals surface area contributed by atoms with Gasteiger partial charge in [-0.15, -0.1) is 0 Å². The van der Waals surface area contributed by atoms with Crippen LogP contribution in [0.4, 0.5) is 5.69 Å².